The molecule has 0 spiro atoms. The van der Waals surface area contributed by atoms with Crippen LogP contribution in [-0.4, -0.2) is 97.1 Å². The molecular weight excluding hydrogens is 524 g/mol. The highest BCUT2D eigenvalue weighted by atomic mass is 32.2. The number of piperazine rings is 1. The van der Waals surface area contributed by atoms with E-state index in [1.807, 2.05) is 18.3 Å². The number of nitrogens with zero attached hydrogens (tertiary/aromatic N) is 5. The minimum Gasteiger partial charge on any atom is -0.369 e. The van der Waals surface area contributed by atoms with Crippen LogP contribution >= 0.6 is 0 Å². The van der Waals surface area contributed by atoms with E-state index in [9.17, 15) is 13.2 Å². The van der Waals surface area contributed by atoms with E-state index in [4.69, 9.17) is 0 Å². The van der Waals surface area contributed by atoms with Gasteiger partial charge in [0.2, 0.25) is 0 Å². The summed E-state index contributed by atoms with van der Waals surface area (Å²) in [6.07, 6.45) is 1.92. The van der Waals surface area contributed by atoms with Crippen LogP contribution in [0.3, 0.4) is 0 Å². The Hall–Kier alpha value is -3.76. The third kappa shape index (κ3) is 5.09. The molecule has 0 saturated carbocycles. The first-order valence-electron chi connectivity index (χ1n) is 13.7. The van der Waals surface area contributed by atoms with Gasteiger partial charge in [0.25, 0.3) is 5.91 Å². The summed E-state index contributed by atoms with van der Waals surface area (Å²) in [4.78, 5) is 22.6. The van der Waals surface area contributed by atoms with Crippen LogP contribution in [0.2, 0.25) is 0 Å². The van der Waals surface area contributed by atoms with Gasteiger partial charge < -0.3 is 19.7 Å². The quantitative estimate of drug-likeness (QED) is 0.409. The van der Waals surface area contributed by atoms with Gasteiger partial charge in [-0.25, -0.2) is 8.42 Å². The number of carbonyl (C=O) groups is 1. The lowest BCUT2D eigenvalue weighted by molar-refractivity contribution is 0.0770. The average Bonchev–Trinajstić information content (AvgIpc) is 3.37. The van der Waals surface area contributed by atoms with Crippen molar-refractivity contribution >= 4 is 32.5 Å². The number of hydrogen-bond acceptors (Lipinski definition) is 7. The van der Waals surface area contributed by atoms with Crippen LogP contribution in [-0.2, 0) is 9.84 Å². The molecular formula is C30H34N6O3S. The van der Waals surface area contributed by atoms with Crippen LogP contribution in [0, 0.1) is 13.8 Å². The van der Waals surface area contributed by atoms with E-state index in [0.717, 1.165) is 53.9 Å². The number of carbonyl (C=O) groups excluding carboxylic acids is 1. The van der Waals surface area contributed by atoms with Crippen molar-refractivity contribution in [2.24, 2.45) is 0 Å². The van der Waals surface area contributed by atoms with Crippen molar-refractivity contribution in [1.29, 1.82) is 0 Å². The summed E-state index contributed by atoms with van der Waals surface area (Å²) in [6, 6.07) is 13.9. The molecule has 2 fully saturated rings. The van der Waals surface area contributed by atoms with Gasteiger partial charge in [0, 0.05) is 73.2 Å². The van der Waals surface area contributed by atoms with Crippen LogP contribution in [0.1, 0.15) is 21.5 Å². The summed E-state index contributed by atoms with van der Waals surface area (Å²) in [6.45, 7) is 9.01. The molecule has 9 nitrogen and oxygen atoms in total. The molecule has 2 saturated heterocycles. The first-order valence-corrected chi connectivity index (χ1v) is 15.5. The Bertz CT molecular complexity index is 1650. The number of likely N-dealkylation sites (N-methyl/N-ethyl adjacent to an activating group) is 1. The predicted molar refractivity (Wildman–Crippen MR) is 159 cm³/mol. The minimum atomic E-state index is -3.04. The van der Waals surface area contributed by atoms with E-state index in [2.05, 4.69) is 64.1 Å². The van der Waals surface area contributed by atoms with Gasteiger partial charge in [-0.1, -0.05) is 12.1 Å². The third-order valence-corrected chi connectivity index (χ3v) is 9.73. The normalized spacial score (nSPS) is 17.9. The number of aryl methyl sites for hydroxylation is 2. The van der Waals surface area contributed by atoms with Gasteiger partial charge in [0.1, 0.15) is 0 Å². The topological polar surface area (TPSA) is 102 Å². The Morgan fingerprint density at radius 1 is 0.850 bits per heavy atom. The van der Waals surface area contributed by atoms with Crippen molar-refractivity contribution < 1.29 is 13.2 Å². The predicted octanol–water partition coefficient (Wildman–Crippen LogP) is 3.53. The van der Waals surface area contributed by atoms with Crippen molar-refractivity contribution in [1.82, 2.24) is 25.0 Å². The summed E-state index contributed by atoms with van der Waals surface area (Å²) in [5.74, 6) is -0.0976. The number of sulfone groups is 1. The number of H-pyrrole nitrogens is 1. The van der Waals surface area contributed by atoms with Gasteiger partial charge in [-0.3, -0.25) is 4.79 Å². The van der Waals surface area contributed by atoms with Gasteiger partial charge >= 0.3 is 0 Å². The van der Waals surface area contributed by atoms with Gasteiger partial charge in [-0.2, -0.15) is 0 Å². The van der Waals surface area contributed by atoms with Crippen molar-refractivity contribution in [3.8, 4) is 22.4 Å². The summed E-state index contributed by atoms with van der Waals surface area (Å²) in [5, 5.41) is 9.96. The van der Waals surface area contributed by atoms with Crippen LogP contribution in [0.25, 0.3) is 33.4 Å². The van der Waals surface area contributed by atoms with E-state index in [1.165, 1.54) is 16.8 Å². The molecule has 208 valence electrons. The second kappa shape index (κ2) is 10.3. The van der Waals surface area contributed by atoms with Crippen molar-refractivity contribution in [2.45, 2.75) is 13.8 Å². The van der Waals surface area contributed by atoms with Crippen molar-refractivity contribution in [3.63, 3.8) is 0 Å². The molecule has 0 atom stereocenters. The standard InChI is InChI=1S/C30H34N6O3S/c1-20-16-24(17-21(2)28(20)35-10-8-34(3)9-11-35)27-18-25-26(19-31-29(25)33-32-27)22-4-6-23(7-5-22)30(37)36-12-14-40(38,39)15-13-36/h4-7,16-19H,8-15H2,1-3H3,(H,31,33). The fourth-order valence-corrected chi connectivity index (χ4v) is 7.03. The Kier molecular flexibility index (Phi) is 6.83. The summed E-state index contributed by atoms with van der Waals surface area (Å²) in [7, 11) is -0.868. The largest absolute Gasteiger partial charge is 0.369 e. The molecule has 2 aliphatic rings. The number of amides is 1. The molecule has 4 aromatic rings. The number of anilines is 1. The molecule has 2 aromatic heterocycles. The summed E-state index contributed by atoms with van der Waals surface area (Å²) >= 11 is 0. The maximum absolute atomic E-state index is 12.9. The molecule has 0 radical (unpaired) electrons. The number of fused-ring (bicyclic) bond motifs is 1. The zero-order valence-corrected chi connectivity index (χ0v) is 24.0. The zero-order valence-electron chi connectivity index (χ0n) is 23.1. The van der Waals surface area contributed by atoms with Gasteiger partial charge in [0.15, 0.2) is 15.5 Å². The summed E-state index contributed by atoms with van der Waals surface area (Å²) in [5.41, 5.74) is 8.84. The maximum atomic E-state index is 12.9. The first-order chi connectivity index (χ1) is 19.2. The number of hydrogen-bond donors (Lipinski definition) is 1. The molecule has 1 N–H and O–H groups in total. The highest BCUT2D eigenvalue weighted by Crippen LogP contribution is 2.34. The SMILES string of the molecule is Cc1cc(-c2cc3c(-c4ccc(C(=O)N5CCS(=O)(=O)CC5)cc4)c[nH]c3nn2)cc(C)c1N1CCN(C)CC1. The fourth-order valence-electron chi connectivity index (χ4n) is 5.82. The lowest BCUT2D eigenvalue weighted by Crippen LogP contribution is -2.45. The van der Waals surface area contributed by atoms with Crippen molar-refractivity contribution in [3.05, 3.63) is 65.4 Å². The average molecular weight is 559 g/mol. The molecule has 40 heavy (non-hydrogen) atoms. The highest BCUT2D eigenvalue weighted by Gasteiger charge is 2.26. The molecule has 0 bridgehead atoms. The maximum Gasteiger partial charge on any atom is 0.253 e. The molecule has 2 aromatic carbocycles. The number of rotatable bonds is 4. The Labute approximate surface area is 234 Å². The van der Waals surface area contributed by atoms with Gasteiger partial charge in [-0.15, -0.1) is 10.2 Å². The molecule has 1 amide bonds. The number of aromatic amines is 1. The van der Waals surface area contributed by atoms with E-state index >= 15 is 0 Å². The first kappa shape index (κ1) is 26.5. The molecule has 0 unspecified atom stereocenters. The number of nitrogens with one attached hydrogen (secondary N) is 1. The Morgan fingerprint density at radius 2 is 1.50 bits per heavy atom. The molecule has 0 aliphatic carbocycles. The monoisotopic (exact) mass is 558 g/mol. The van der Waals surface area contributed by atoms with Crippen molar-refractivity contribution in [2.75, 3.05) is 62.7 Å². The molecule has 10 heteroatoms. The summed E-state index contributed by atoms with van der Waals surface area (Å²) < 4.78 is 23.4. The second-order valence-corrected chi connectivity index (χ2v) is 13.3. The van der Waals surface area contributed by atoms with Crippen LogP contribution in [0.5, 0.6) is 0 Å². The van der Waals surface area contributed by atoms with Crippen LogP contribution < -0.4 is 4.90 Å². The highest BCUT2D eigenvalue weighted by molar-refractivity contribution is 7.91. The lowest BCUT2D eigenvalue weighted by Gasteiger charge is -2.36. The molecule has 2 aliphatic heterocycles. The Balaban J connectivity index is 1.26. The van der Waals surface area contributed by atoms with E-state index in [0.29, 0.717) is 11.2 Å². The second-order valence-electron chi connectivity index (χ2n) is 11.0. The fraction of sp³-hybridized carbons (Fsp3) is 0.367. The molecule has 6 rings (SSSR count). The number of aromatic nitrogens is 3. The van der Waals surface area contributed by atoms with Gasteiger partial charge in [0.05, 0.1) is 17.2 Å². The van der Waals surface area contributed by atoms with E-state index < -0.39 is 9.84 Å². The Morgan fingerprint density at radius 3 is 2.15 bits per heavy atom. The molecule has 4 heterocycles. The van der Waals surface area contributed by atoms with E-state index in [-0.39, 0.29) is 30.5 Å². The smallest absolute Gasteiger partial charge is 0.253 e. The zero-order chi connectivity index (χ0) is 28.0. The van der Waals surface area contributed by atoms with Crippen LogP contribution in [0.4, 0.5) is 5.69 Å². The lowest BCUT2D eigenvalue weighted by atomic mass is 9.99. The third-order valence-electron chi connectivity index (χ3n) is 8.12. The van der Waals surface area contributed by atoms with Gasteiger partial charge in [-0.05, 0) is 67.9 Å². The number of benzene rings is 2. The van der Waals surface area contributed by atoms with E-state index in [1.54, 1.807) is 17.0 Å². The minimum absolute atomic E-state index is 0.0210. The van der Waals surface area contributed by atoms with Crippen LogP contribution in [0.15, 0.2) is 48.7 Å².